The lowest BCUT2D eigenvalue weighted by atomic mass is 10.2. The molecule has 1 amide bonds. The van der Waals surface area contributed by atoms with Crippen molar-refractivity contribution < 1.29 is 9.53 Å². The number of rotatable bonds is 6. The zero-order chi connectivity index (χ0) is 18.1. The molecular formula is C18H22N4O2S. The van der Waals surface area contributed by atoms with Gasteiger partial charge >= 0.3 is 0 Å². The zero-order valence-corrected chi connectivity index (χ0v) is 15.1. The van der Waals surface area contributed by atoms with Crippen LogP contribution in [0.3, 0.4) is 0 Å². The SMILES string of the molecule is CN(C)c1cccc(OCC(=O)NNC(=S)NCc2ccccc2)c1. The van der Waals surface area contributed by atoms with E-state index < -0.39 is 0 Å². The minimum absolute atomic E-state index is 0.106. The molecule has 7 heteroatoms. The molecule has 0 spiro atoms. The summed E-state index contributed by atoms with van der Waals surface area (Å²) in [5.41, 5.74) is 7.25. The molecule has 0 aliphatic heterocycles. The highest BCUT2D eigenvalue weighted by atomic mass is 32.1. The summed E-state index contributed by atoms with van der Waals surface area (Å²) < 4.78 is 5.48. The smallest absolute Gasteiger partial charge is 0.276 e. The number of hydrazine groups is 1. The van der Waals surface area contributed by atoms with E-state index in [4.69, 9.17) is 17.0 Å². The number of benzene rings is 2. The lowest BCUT2D eigenvalue weighted by molar-refractivity contribution is -0.123. The fourth-order valence-corrected chi connectivity index (χ4v) is 2.11. The number of hydrogen-bond acceptors (Lipinski definition) is 4. The van der Waals surface area contributed by atoms with Crippen molar-refractivity contribution in [2.75, 3.05) is 25.6 Å². The van der Waals surface area contributed by atoms with E-state index in [9.17, 15) is 4.79 Å². The minimum Gasteiger partial charge on any atom is -0.484 e. The maximum atomic E-state index is 11.8. The molecule has 2 rings (SSSR count). The van der Waals surface area contributed by atoms with E-state index in [2.05, 4.69) is 16.2 Å². The van der Waals surface area contributed by atoms with Crippen molar-refractivity contribution >= 4 is 28.9 Å². The average molecular weight is 358 g/mol. The predicted octanol–water partition coefficient (Wildman–Crippen LogP) is 1.83. The molecule has 25 heavy (non-hydrogen) atoms. The number of nitrogens with one attached hydrogen (secondary N) is 3. The van der Waals surface area contributed by atoms with Crippen LogP contribution < -0.4 is 25.8 Å². The number of amides is 1. The van der Waals surface area contributed by atoms with Crippen molar-refractivity contribution in [3.63, 3.8) is 0 Å². The van der Waals surface area contributed by atoms with Crippen LogP contribution >= 0.6 is 12.2 Å². The Kier molecular flexibility index (Phi) is 7.03. The second-order valence-corrected chi connectivity index (χ2v) is 5.93. The third kappa shape index (κ3) is 6.68. The second kappa shape index (κ2) is 9.48. The van der Waals surface area contributed by atoms with Crippen LogP contribution in [0.15, 0.2) is 54.6 Å². The van der Waals surface area contributed by atoms with Crippen LogP contribution in [0.25, 0.3) is 0 Å². The van der Waals surface area contributed by atoms with E-state index >= 15 is 0 Å². The van der Waals surface area contributed by atoms with Gasteiger partial charge < -0.3 is 15.0 Å². The van der Waals surface area contributed by atoms with Gasteiger partial charge in [-0.25, -0.2) is 0 Å². The van der Waals surface area contributed by atoms with Gasteiger partial charge in [-0.15, -0.1) is 0 Å². The third-order valence-electron chi connectivity index (χ3n) is 3.32. The molecule has 0 fully saturated rings. The highest BCUT2D eigenvalue weighted by Gasteiger charge is 2.05. The Labute approximate surface area is 153 Å². The van der Waals surface area contributed by atoms with E-state index in [0.717, 1.165) is 11.3 Å². The van der Waals surface area contributed by atoms with Gasteiger partial charge in [0.25, 0.3) is 5.91 Å². The highest BCUT2D eigenvalue weighted by Crippen LogP contribution is 2.18. The molecule has 0 radical (unpaired) electrons. The van der Waals surface area contributed by atoms with Gasteiger partial charge in [0.15, 0.2) is 11.7 Å². The van der Waals surface area contributed by atoms with E-state index in [1.54, 1.807) is 6.07 Å². The molecule has 2 aromatic carbocycles. The van der Waals surface area contributed by atoms with Gasteiger partial charge in [-0.05, 0) is 29.9 Å². The number of hydrogen-bond donors (Lipinski definition) is 3. The molecule has 0 aliphatic carbocycles. The van der Waals surface area contributed by atoms with Crippen molar-refractivity contribution in [2.45, 2.75) is 6.54 Å². The molecule has 0 saturated heterocycles. The van der Waals surface area contributed by atoms with Crippen LogP contribution in [-0.4, -0.2) is 31.7 Å². The lowest BCUT2D eigenvalue weighted by Gasteiger charge is -2.14. The minimum atomic E-state index is -0.320. The summed E-state index contributed by atoms with van der Waals surface area (Å²) in [4.78, 5) is 13.8. The van der Waals surface area contributed by atoms with Gasteiger partial charge in [-0.2, -0.15) is 0 Å². The van der Waals surface area contributed by atoms with Crippen LogP contribution in [0.4, 0.5) is 5.69 Å². The number of thiocarbonyl (C=S) groups is 1. The molecule has 0 heterocycles. The molecular weight excluding hydrogens is 336 g/mol. The maximum Gasteiger partial charge on any atom is 0.276 e. The van der Waals surface area contributed by atoms with Crippen molar-refractivity contribution in [1.82, 2.24) is 16.2 Å². The van der Waals surface area contributed by atoms with Gasteiger partial charge in [0.1, 0.15) is 5.75 Å². The van der Waals surface area contributed by atoms with Gasteiger partial charge in [0, 0.05) is 32.4 Å². The molecule has 0 aliphatic rings. The Morgan fingerprint density at radius 3 is 2.56 bits per heavy atom. The van der Waals surface area contributed by atoms with Crippen molar-refractivity contribution in [1.29, 1.82) is 0 Å². The summed E-state index contributed by atoms with van der Waals surface area (Å²) >= 11 is 5.11. The van der Waals surface area contributed by atoms with Crippen LogP contribution in [0.1, 0.15) is 5.56 Å². The predicted molar refractivity (Wildman–Crippen MR) is 103 cm³/mol. The molecule has 2 aromatic rings. The molecule has 0 saturated carbocycles. The summed E-state index contributed by atoms with van der Waals surface area (Å²) in [5.74, 6) is 0.310. The Bertz CT molecular complexity index is 707. The quantitative estimate of drug-likeness (QED) is 0.541. The van der Waals surface area contributed by atoms with Crippen LogP contribution in [0, 0.1) is 0 Å². The largest absolute Gasteiger partial charge is 0.484 e. The summed E-state index contributed by atoms with van der Waals surface area (Å²) in [6.45, 7) is 0.474. The van der Waals surface area contributed by atoms with E-state index in [1.807, 2.05) is 67.5 Å². The van der Waals surface area contributed by atoms with Crippen molar-refractivity contribution in [2.24, 2.45) is 0 Å². The molecule has 132 valence electrons. The standard InChI is InChI=1S/C18H22N4O2S/c1-22(2)15-9-6-10-16(11-15)24-13-17(23)20-21-18(25)19-12-14-7-4-3-5-8-14/h3-11H,12-13H2,1-2H3,(H,20,23)(H2,19,21,25). The Morgan fingerprint density at radius 1 is 1.08 bits per heavy atom. The lowest BCUT2D eigenvalue weighted by Crippen LogP contribution is -2.48. The first-order valence-corrected chi connectivity index (χ1v) is 8.22. The van der Waals surface area contributed by atoms with Gasteiger partial charge in [0.2, 0.25) is 0 Å². The van der Waals surface area contributed by atoms with E-state index in [0.29, 0.717) is 17.4 Å². The molecule has 3 N–H and O–H groups in total. The third-order valence-corrected chi connectivity index (χ3v) is 3.56. The average Bonchev–Trinajstić information content (AvgIpc) is 2.64. The molecule has 0 aromatic heterocycles. The number of anilines is 1. The van der Waals surface area contributed by atoms with Crippen LogP contribution in [-0.2, 0) is 11.3 Å². The Morgan fingerprint density at radius 2 is 1.84 bits per heavy atom. The van der Waals surface area contributed by atoms with Crippen molar-refractivity contribution in [3.8, 4) is 5.75 Å². The number of carbonyl (C=O) groups excluding carboxylic acids is 1. The van der Waals surface area contributed by atoms with Gasteiger partial charge in [-0.1, -0.05) is 36.4 Å². The monoisotopic (exact) mass is 358 g/mol. The number of ether oxygens (including phenoxy) is 1. The molecule has 0 bridgehead atoms. The summed E-state index contributed by atoms with van der Waals surface area (Å²) in [6.07, 6.45) is 0. The first kappa shape index (κ1) is 18.5. The van der Waals surface area contributed by atoms with E-state index in [-0.39, 0.29) is 12.5 Å². The number of nitrogens with zero attached hydrogens (tertiary/aromatic N) is 1. The van der Waals surface area contributed by atoms with Gasteiger partial charge in [-0.3, -0.25) is 15.6 Å². The Hall–Kier alpha value is -2.80. The molecule has 0 atom stereocenters. The first-order valence-electron chi connectivity index (χ1n) is 7.81. The summed E-state index contributed by atoms with van der Waals surface area (Å²) in [7, 11) is 3.89. The maximum absolute atomic E-state index is 11.8. The molecule has 6 nitrogen and oxygen atoms in total. The summed E-state index contributed by atoms with van der Waals surface area (Å²) in [6, 6.07) is 17.4. The normalized spacial score (nSPS) is 9.84. The first-order chi connectivity index (χ1) is 12.0. The van der Waals surface area contributed by atoms with Gasteiger partial charge in [0.05, 0.1) is 0 Å². The van der Waals surface area contributed by atoms with Crippen LogP contribution in [0.5, 0.6) is 5.75 Å². The van der Waals surface area contributed by atoms with Crippen LogP contribution in [0.2, 0.25) is 0 Å². The number of carbonyl (C=O) groups is 1. The molecule has 0 unspecified atom stereocenters. The zero-order valence-electron chi connectivity index (χ0n) is 14.3. The highest BCUT2D eigenvalue weighted by molar-refractivity contribution is 7.80. The van der Waals surface area contributed by atoms with E-state index in [1.165, 1.54) is 0 Å². The Balaban J connectivity index is 1.68. The fourth-order valence-electron chi connectivity index (χ4n) is 1.99. The second-order valence-electron chi connectivity index (χ2n) is 5.52. The fraction of sp³-hybridized carbons (Fsp3) is 0.222. The van der Waals surface area contributed by atoms with Crippen molar-refractivity contribution in [3.05, 3.63) is 60.2 Å². The topological polar surface area (TPSA) is 65.6 Å². The summed E-state index contributed by atoms with van der Waals surface area (Å²) in [5, 5.41) is 3.35.